The molecule has 0 N–H and O–H groups in total. The molecule has 1 aliphatic rings. The summed E-state index contributed by atoms with van der Waals surface area (Å²) in [5, 5.41) is 0. The Labute approximate surface area is 171 Å². The van der Waals surface area contributed by atoms with Gasteiger partial charge in [-0.1, -0.05) is 13.8 Å². The summed E-state index contributed by atoms with van der Waals surface area (Å²) in [5.41, 5.74) is 1.14. The lowest BCUT2D eigenvalue weighted by Gasteiger charge is -2.32. The normalized spacial score (nSPS) is 15.0. The maximum absolute atomic E-state index is 13.5. The van der Waals surface area contributed by atoms with E-state index >= 15 is 0 Å². The number of benzene rings is 1. The molecule has 6 heteroatoms. The Morgan fingerprint density at radius 2 is 1.72 bits per heavy atom. The van der Waals surface area contributed by atoms with E-state index in [4.69, 9.17) is 4.74 Å². The number of ketones is 1. The fourth-order valence-electron chi connectivity index (χ4n) is 3.95. The highest BCUT2D eigenvalue weighted by atomic mass is 16.5. The van der Waals surface area contributed by atoms with Crippen LogP contribution in [0.4, 0.5) is 0 Å². The van der Waals surface area contributed by atoms with E-state index in [1.165, 1.54) is 10.6 Å². The lowest BCUT2D eigenvalue weighted by Crippen LogP contribution is -2.40. The van der Waals surface area contributed by atoms with Crippen LogP contribution in [0.15, 0.2) is 35.1 Å². The Kier molecular flexibility index (Phi) is 5.64. The van der Waals surface area contributed by atoms with Crippen LogP contribution in [0.1, 0.15) is 60.5 Å². The van der Waals surface area contributed by atoms with Crippen molar-refractivity contribution in [1.82, 2.24) is 9.47 Å². The van der Waals surface area contributed by atoms with E-state index < -0.39 is 5.56 Å². The maximum Gasteiger partial charge on any atom is 0.268 e. The molecule has 2 aromatic rings. The monoisotopic (exact) mass is 396 g/mol. The molecule has 3 rings (SSSR count). The number of rotatable bonds is 5. The minimum absolute atomic E-state index is 0.0351. The molecule has 0 saturated heterocycles. The second-order valence-electron chi connectivity index (χ2n) is 8.18. The van der Waals surface area contributed by atoms with Crippen molar-refractivity contribution in [2.75, 3.05) is 20.2 Å². The molecule has 0 bridgehead atoms. The summed E-state index contributed by atoms with van der Waals surface area (Å²) in [4.78, 5) is 41.0. The van der Waals surface area contributed by atoms with E-state index in [0.717, 1.165) is 0 Å². The van der Waals surface area contributed by atoms with Gasteiger partial charge in [0.25, 0.3) is 11.5 Å². The van der Waals surface area contributed by atoms with Gasteiger partial charge in [0.2, 0.25) is 0 Å². The van der Waals surface area contributed by atoms with Crippen LogP contribution < -0.4 is 10.3 Å². The number of fused-ring (bicyclic) bond motifs is 1. The first-order chi connectivity index (χ1) is 13.7. The molecular formula is C23H28N2O4. The highest BCUT2D eigenvalue weighted by Gasteiger charge is 2.35. The molecule has 154 valence electrons. The van der Waals surface area contributed by atoms with Crippen LogP contribution in [0.25, 0.3) is 5.69 Å². The van der Waals surface area contributed by atoms with Crippen molar-refractivity contribution < 1.29 is 14.3 Å². The molecule has 1 aromatic heterocycles. The fraction of sp³-hybridized carbons (Fsp3) is 0.435. The van der Waals surface area contributed by atoms with Crippen LogP contribution >= 0.6 is 0 Å². The number of carbonyl (C=O) groups is 2. The van der Waals surface area contributed by atoms with E-state index in [-0.39, 0.29) is 22.7 Å². The van der Waals surface area contributed by atoms with Crippen LogP contribution in [0.3, 0.4) is 0 Å². The molecule has 1 heterocycles. The topological polar surface area (TPSA) is 68.6 Å². The van der Waals surface area contributed by atoms with Gasteiger partial charge in [0.15, 0.2) is 5.78 Å². The van der Waals surface area contributed by atoms with E-state index in [1.54, 1.807) is 36.3 Å². The van der Waals surface area contributed by atoms with Crippen LogP contribution in [-0.2, 0) is 6.42 Å². The van der Waals surface area contributed by atoms with Gasteiger partial charge in [-0.3, -0.25) is 19.0 Å². The summed E-state index contributed by atoms with van der Waals surface area (Å²) in [7, 11) is 1.58. The number of amides is 1. The van der Waals surface area contributed by atoms with Crippen molar-refractivity contribution in [3.63, 3.8) is 0 Å². The molecular weight excluding hydrogens is 368 g/mol. The zero-order chi connectivity index (χ0) is 21.3. The Morgan fingerprint density at radius 1 is 1.10 bits per heavy atom. The number of hydrogen-bond donors (Lipinski definition) is 0. The number of nitrogens with zero attached hydrogens (tertiary/aromatic N) is 2. The Hall–Kier alpha value is -2.89. The number of carbonyl (C=O) groups excluding carboxylic acids is 2. The molecule has 0 saturated carbocycles. The first-order valence-corrected chi connectivity index (χ1v) is 9.98. The van der Waals surface area contributed by atoms with Gasteiger partial charge < -0.3 is 9.64 Å². The van der Waals surface area contributed by atoms with Gasteiger partial charge in [-0.05, 0) is 56.0 Å². The summed E-state index contributed by atoms with van der Waals surface area (Å²) in [6, 6.07) is 8.60. The largest absolute Gasteiger partial charge is 0.497 e. The Bertz CT molecular complexity index is 999. The second kappa shape index (κ2) is 7.85. The highest BCUT2D eigenvalue weighted by molar-refractivity contribution is 6.02. The average Bonchev–Trinajstić information content (AvgIpc) is 2.68. The van der Waals surface area contributed by atoms with Gasteiger partial charge in [-0.15, -0.1) is 0 Å². The van der Waals surface area contributed by atoms with Gasteiger partial charge in [-0.2, -0.15) is 0 Å². The van der Waals surface area contributed by atoms with Gasteiger partial charge in [-0.25, -0.2) is 0 Å². The summed E-state index contributed by atoms with van der Waals surface area (Å²) < 4.78 is 6.75. The number of hydrogen-bond acceptors (Lipinski definition) is 4. The number of pyridine rings is 1. The third-order valence-corrected chi connectivity index (χ3v) is 5.50. The Morgan fingerprint density at radius 3 is 2.28 bits per heavy atom. The summed E-state index contributed by atoms with van der Waals surface area (Å²) in [6.07, 6.45) is 0.967. The van der Waals surface area contributed by atoms with Crippen LogP contribution in [0, 0.1) is 5.41 Å². The van der Waals surface area contributed by atoms with E-state index in [0.29, 0.717) is 48.6 Å². The third-order valence-electron chi connectivity index (χ3n) is 5.50. The molecule has 1 aromatic carbocycles. The lowest BCUT2D eigenvalue weighted by molar-refractivity contribution is 0.0770. The lowest BCUT2D eigenvalue weighted by atomic mass is 9.75. The number of ether oxygens (including phenoxy) is 1. The number of Topliss-reactive ketones (excluding diaryl/α,β-unsaturated/α-hetero) is 1. The molecule has 0 spiro atoms. The molecule has 1 aliphatic carbocycles. The van der Waals surface area contributed by atoms with Crippen molar-refractivity contribution in [3.8, 4) is 11.4 Å². The quantitative estimate of drug-likeness (QED) is 0.776. The van der Waals surface area contributed by atoms with E-state index in [9.17, 15) is 14.4 Å². The van der Waals surface area contributed by atoms with Gasteiger partial charge in [0, 0.05) is 36.5 Å². The van der Waals surface area contributed by atoms with Gasteiger partial charge in [0.1, 0.15) is 11.3 Å². The van der Waals surface area contributed by atoms with Gasteiger partial charge in [0.05, 0.1) is 7.11 Å². The van der Waals surface area contributed by atoms with Crippen LogP contribution in [-0.4, -0.2) is 41.4 Å². The molecule has 29 heavy (non-hydrogen) atoms. The van der Waals surface area contributed by atoms with Crippen molar-refractivity contribution in [2.45, 2.75) is 40.5 Å². The molecule has 0 aliphatic heterocycles. The Balaban J connectivity index is 2.30. The highest BCUT2D eigenvalue weighted by Crippen LogP contribution is 2.35. The van der Waals surface area contributed by atoms with E-state index in [2.05, 4.69) is 0 Å². The zero-order valence-corrected chi connectivity index (χ0v) is 17.7. The molecule has 0 unspecified atom stereocenters. The van der Waals surface area contributed by atoms with Crippen LogP contribution in [0.2, 0.25) is 0 Å². The minimum Gasteiger partial charge on any atom is -0.497 e. The molecule has 0 fully saturated rings. The van der Waals surface area contributed by atoms with Crippen molar-refractivity contribution in [1.29, 1.82) is 0 Å². The number of aromatic nitrogens is 1. The molecule has 0 radical (unpaired) electrons. The average molecular weight is 396 g/mol. The molecule has 6 nitrogen and oxygen atoms in total. The van der Waals surface area contributed by atoms with Crippen LogP contribution in [0.5, 0.6) is 5.75 Å². The SMILES string of the molecule is CCN(CC)C(=O)c1cc2c(n(-c3ccc(OC)cc3)c1=O)CC(C)(C)CC2=O. The predicted molar refractivity (Wildman–Crippen MR) is 112 cm³/mol. The van der Waals surface area contributed by atoms with Crippen molar-refractivity contribution >= 4 is 11.7 Å². The minimum atomic E-state index is -0.392. The fourth-order valence-corrected chi connectivity index (χ4v) is 3.95. The molecule has 0 atom stereocenters. The zero-order valence-electron chi connectivity index (χ0n) is 17.7. The second-order valence-corrected chi connectivity index (χ2v) is 8.18. The summed E-state index contributed by atoms with van der Waals surface area (Å²) >= 11 is 0. The summed E-state index contributed by atoms with van der Waals surface area (Å²) in [5.74, 6) is 0.289. The first-order valence-electron chi connectivity index (χ1n) is 9.98. The summed E-state index contributed by atoms with van der Waals surface area (Å²) in [6.45, 7) is 8.77. The molecule has 1 amide bonds. The van der Waals surface area contributed by atoms with Crippen molar-refractivity contribution in [2.24, 2.45) is 5.41 Å². The first kappa shape index (κ1) is 20.8. The van der Waals surface area contributed by atoms with E-state index in [1.807, 2.05) is 27.7 Å². The standard InChI is InChI=1S/C23H28N2O4/c1-6-24(7-2)21(27)18-12-17-19(13-23(3,4)14-20(17)26)25(22(18)28)15-8-10-16(29-5)11-9-15/h8-12H,6-7,13-14H2,1-5H3. The maximum atomic E-state index is 13.5. The number of methoxy groups -OCH3 is 1. The predicted octanol–water partition coefficient (Wildman–Crippen LogP) is 3.48. The third kappa shape index (κ3) is 3.84. The smallest absolute Gasteiger partial charge is 0.268 e. The van der Waals surface area contributed by atoms with Gasteiger partial charge >= 0.3 is 0 Å². The van der Waals surface area contributed by atoms with Crippen molar-refractivity contribution in [3.05, 3.63) is 57.5 Å².